The zero-order chi connectivity index (χ0) is 22.9. The molecule has 0 saturated carbocycles. The van der Waals surface area contributed by atoms with Gasteiger partial charge in [0.2, 0.25) is 17.7 Å². The van der Waals surface area contributed by atoms with Crippen molar-refractivity contribution in [3.8, 4) is 0 Å². The summed E-state index contributed by atoms with van der Waals surface area (Å²) in [6.07, 6.45) is 1.40. The van der Waals surface area contributed by atoms with Crippen LogP contribution in [0.4, 0.5) is 0 Å². The van der Waals surface area contributed by atoms with Gasteiger partial charge >= 0.3 is 0 Å². The number of hydrogen-bond acceptors (Lipinski definition) is 8. The summed E-state index contributed by atoms with van der Waals surface area (Å²) in [5.41, 5.74) is 0. The monoisotopic (exact) mass is 444 g/mol. The van der Waals surface area contributed by atoms with Crippen LogP contribution < -0.4 is 5.32 Å². The summed E-state index contributed by atoms with van der Waals surface area (Å²) in [5.74, 6) is -0.724. The average Bonchev–Trinajstić information content (AvgIpc) is 3.01. The Morgan fingerprint density at radius 3 is 1.97 bits per heavy atom. The van der Waals surface area contributed by atoms with E-state index in [9.17, 15) is 19.2 Å². The van der Waals surface area contributed by atoms with E-state index >= 15 is 0 Å². The lowest BCUT2D eigenvalue weighted by molar-refractivity contribution is -0.139. The maximum Gasteiger partial charge on any atom is 0.232 e. The first-order valence-electron chi connectivity index (χ1n) is 10.9. The van der Waals surface area contributed by atoms with Gasteiger partial charge < -0.3 is 24.3 Å². The molecule has 10 nitrogen and oxygen atoms in total. The van der Waals surface area contributed by atoms with Gasteiger partial charge in [0.15, 0.2) is 0 Å². The molecule has 1 atom stereocenters. The van der Waals surface area contributed by atoms with E-state index in [1.165, 1.54) is 11.8 Å². The Labute approximate surface area is 183 Å². The molecule has 1 aliphatic heterocycles. The molecule has 1 unspecified atom stereocenters. The first-order chi connectivity index (χ1) is 15.0. The Kier molecular flexibility index (Phi) is 14.7. The molecule has 1 rings (SSSR count). The SMILES string of the molecule is CCC1CC(=O)N(CCC(=O)NCCOCCOCCOCCOCCC(C)=O)C1=O. The largest absolute Gasteiger partial charge is 0.379 e. The number of hydrogen-bond donors (Lipinski definition) is 1. The van der Waals surface area contributed by atoms with Crippen LogP contribution in [0.1, 0.15) is 39.5 Å². The molecule has 1 aliphatic rings. The smallest absolute Gasteiger partial charge is 0.232 e. The Morgan fingerprint density at radius 1 is 0.903 bits per heavy atom. The van der Waals surface area contributed by atoms with E-state index in [1.807, 2.05) is 6.92 Å². The van der Waals surface area contributed by atoms with Gasteiger partial charge in [-0.15, -0.1) is 0 Å². The molecule has 0 aliphatic carbocycles. The number of likely N-dealkylation sites (tertiary alicyclic amines) is 1. The Hall–Kier alpha value is -1.88. The first kappa shape index (κ1) is 27.2. The molecular formula is C21H36N2O8. The fourth-order valence-corrected chi connectivity index (χ4v) is 2.85. The minimum absolute atomic E-state index is 0.0960. The van der Waals surface area contributed by atoms with Crippen molar-refractivity contribution in [1.82, 2.24) is 10.2 Å². The highest BCUT2D eigenvalue weighted by atomic mass is 16.6. The first-order valence-corrected chi connectivity index (χ1v) is 10.9. The Balaban J connectivity index is 1.86. The number of amides is 3. The molecule has 3 amide bonds. The van der Waals surface area contributed by atoms with Gasteiger partial charge in [-0.25, -0.2) is 0 Å². The summed E-state index contributed by atoms with van der Waals surface area (Å²) < 4.78 is 21.3. The number of nitrogens with zero attached hydrogens (tertiary/aromatic N) is 1. The molecule has 0 spiro atoms. The molecule has 0 aromatic rings. The van der Waals surface area contributed by atoms with Crippen molar-refractivity contribution < 1.29 is 38.1 Å². The third kappa shape index (κ3) is 12.5. The summed E-state index contributed by atoms with van der Waals surface area (Å²) >= 11 is 0. The fourth-order valence-electron chi connectivity index (χ4n) is 2.85. The third-order valence-corrected chi connectivity index (χ3v) is 4.68. The molecule has 0 aromatic heterocycles. The van der Waals surface area contributed by atoms with Crippen LogP contribution >= 0.6 is 0 Å². The lowest BCUT2D eigenvalue weighted by Gasteiger charge is -2.14. The summed E-state index contributed by atoms with van der Waals surface area (Å²) in [4.78, 5) is 47.5. The van der Waals surface area contributed by atoms with Crippen molar-refractivity contribution >= 4 is 23.5 Å². The molecule has 0 aromatic carbocycles. The van der Waals surface area contributed by atoms with E-state index in [0.717, 1.165) is 0 Å². The van der Waals surface area contributed by atoms with Crippen molar-refractivity contribution in [2.24, 2.45) is 5.92 Å². The molecule has 1 heterocycles. The molecule has 1 N–H and O–H groups in total. The highest BCUT2D eigenvalue weighted by Gasteiger charge is 2.36. The third-order valence-electron chi connectivity index (χ3n) is 4.68. The molecule has 0 bridgehead atoms. The number of nitrogens with one attached hydrogen (secondary N) is 1. The van der Waals surface area contributed by atoms with Crippen LogP contribution in [0, 0.1) is 5.92 Å². The van der Waals surface area contributed by atoms with Gasteiger partial charge in [-0.2, -0.15) is 0 Å². The fraction of sp³-hybridized carbons (Fsp3) is 0.810. The maximum atomic E-state index is 12.0. The van der Waals surface area contributed by atoms with E-state index in [0.29, 0.717) is 72.2 Å². The lowest BCUT2D eigenvalue weighted by atomic mass is 10.1. The van der Waals surface area contributed by atoms with Gasteiger partial charge in [0, 0.05) is 38.3 Å². The van der Waals surface area contributed by atoms with Gasteiger partial charge in [0.25, 0.3) is 0 Å². The summed E-state index contributed by atoms with van der Waals surface area (Å²) in [7, 11) is 0. The quantitative estimate of drug-likeness (QED) is 0.223. The second-order valence-corrected chi connectivity index (χ2v) is 7.19. The molecule has 1 fully saturated rings. The van der Waals surface area contributed by atoms with Gasteiger partial charge in [-0.05, 0) is 13.3 Å². The normalized spacial score (nSPS) is 16.2. The Morgan fingerprint density at radius 2 is 1.45 bits per heavy atom. The standard InChI is InChI=1S/C21H36N2O8/c1-3-18-16-20(26)23(21(18)27)7-4-19(25)22-6-9-29-11-13-31-15-14-30-12-10-28-8-5-17(2)24/h18H,3-16H2,1-2H3,(H,22,25). The average molecular weight is 445 g/mol. The number of imide groups is 1. The molecule has 1 saturated heterocycles. The minimum Gasteiger partial charge on any atom is -0.379 e. The summed E-state index contributed by atoms with van der Waals surface area (Å²) in [5, 5.41) is 2.70. The van der Waals surface area contributed by atoms with Crippen LogP contribution in [0.2, 0.25) is 0 Å². The van der Waals surface area contributed by atoms with Crippen LogP contribution in [0.3, 0.4) is 0 Å². The number of ether oxygens (including phenoxy) is 4. The zero-order valence-electron chi connectivity index (χ0n) is 18.7. The van der Waals surface area contributed by atoms with Crippen molar-refractivity contribution in [2.45, 2.75) is 39.5 Å². The van der Waals surface area contributed by atoms with E-state index in [1.54, 1.807) is 0 Å². The number of carbonyl (C=O) groups is 4. The molecule has 10 heteroatoms. The van der Waals surface area contributed by atoms with Gasteiger partial charge in [0.1, 0.15) is 5.78 Å². The molecular weight excluding hydrogens is 408 g/mol. The zero-order valence-corrected chi connectivity index (χ0v) is 18.7. The van der Waals surface area contributed by atoms with Gasteiger partial charge in [-0.3, -0.25) is 24.1 Å². The highest BCUT2D eigenvalue weighted by molar-refractivity contribution is 6.03. The van der Waals surface area contributed by atoms with E-state index in [-0.39, 0.29) is 48.8 Å². The number of rotatable bonds is 19. The number of Topliss-reactive ketones (excluding diaryl/α,β-unsaturated/α-hetero) is 1. The van der Waals surface area contributed by atoms with E-state index in [2.05, 4.69) is 5.32 Å². The lowest BCUT2D eigenvalue weighted by Crippen LogP contribution is -2.36. The summed E-state index contributed by atoms with van der Waals surface area (Å²) in [6.45, 7) is 7.28. The van der Waals surface area contributed by atoms with E-state index < -0.39 is 0 Å². The van der Waals surface area contributed by atoms with E-state index in [4.69, 9.17) is 18.9 Å². The number of ketones is 1. The molecule has 178 valence electrons. The summed E-state index contributed by atoms with van der Waals surface area (Å²) in [6, 6.07) is 0. The second kappa shape index (κ2) is 16.8. The molecule has 0 radical (unpaired) electrons. The predicted molar refractivity (Wildman–Crippen MR) is 111 cm³/mol. The Bertz CT molecular complexity index is 570. The van der Waals surface area contributed by atoms with Gasteiger partial charge in [0.05, 0.1) is 52.9 Å². The number of carbonyl (C=O) groups excluding carboxylic acids is 4. The van der Waals surface area contributed by atoms with Crippen molar-refractivity contribution in [2.75, 3.05) is 65.9 Å². The van der Waals surface area contributed by atoms with Crippen LogP contribution in [-0.2, 0) is 38.1 Å². The highest BCUT2D eigenvalue weighted by Crippen LogP contribution is 2.22. The second-order valence-electron chi connectivity index (χ2n) is 7.19. The predicted octanol–water partition coefficient (Wildman–Crippen LogP) is 0.323. The molecule has 31 heavy (non-hydrogen) atoms. The van der Waals surface area contributed by atoms with Crippen molar-refractivity contribution in [3.63, 3.8) is 0 Å². The van der Waals surface area contributed by atoms with Crippen molar-refractivity contribution in [1.29, 1.82) is 0 Å². The van der Waals surface area contributed by atoms with Crippen LogP contribution in [-0.4, -0.2) is 94.3 Å². The van der Waals surface area contributed by atoms with Crippen LogP contribution in [0.15, 0.2) is 0 Å². The van der Waals surface area contributed by atoms with Crippen LogP contribution in [0.5, 0.6) is 0 Å². The maximum absolute atomic E-state index is 12.0. The topological polar surface area (TPSA) is 120 Å². The van der Waals surface area contributed by atoms with Gasteiger partial charge in [-0.1, -0.05) is 6.92 Å². The van der Waals surface area contributed by atoms with Crippen molar-refractivity contribution in [3.05, 3.63) is 0 Å². The minimum atomic E-state index is -0.240. The van der Waals surface area contributed by atoms with Crippen LogP contribution in [0.25, 0.3) is 0 Å².